The monoisotopic (exact) mass is 644 g/mol. The Hall–Kier alpha value is -2.20. The average molecular weight is 646 g/mol. The van der Waals surface area contributed by atoms with E-state index in [4.69, 9.17) is 34.8 Å². The van der Waals surface area contributed by atoms with Crippen molar-refractivity contribution in [2.24, 2.45) is 0 Å². The Balaban J connectivity index is 0.000000216. The molecule has 0 spiro atoms. The van der Waals surface area contributed by atoms with E-state index in [1.165, 1.54) is 0 Å². The van der Waals surface area contributed by atoms with Gasteiger partial charge in [-0.05, 0) is 76.8 Å². The predicted molar refractivity (Wildman–Crippen MR) is 168 cm³/mol. The summed E-state index contributed by atoms with van der Waals surface area (Å²) >= 11 is 17.8. The lowest BCUT2D eigenvalue weighted by Gasteiger charge is -2.29. The van der Waals surface area contributed by atoms with Gasteiger partial charge in [0.25, 0.3) is 0 Å². The Morgan fingerprint density at radius 1 is 0.829 bits per heavy atom. The molecule has 0 N–H and O–H groups in total. The Bertz CT molecular complexity index is 1530. The van der Waals surface area contributed by atoms with Gasteiger partial charge in [-0.15, -0.1) is 5.10 Å². The Labute approximate surface area is 258 Å². The molecule has 1 unspecified atom stereocenters. The lowest BCUT2D eigenvalue weighted by molar-refractivity contribution is -0.143. The van der Waals surface area contributed by atoms with Crippen molar-refractivity contribution >= 4 is 67.5 Å². The molecular weight excluding hydrogens is 607 g/mol. The molecule has 1 fully saturated rings. The maximum Gasteiger partial charge on any atom is 0.248 e. The van der Waals surface area contributed by atoms with E-state index in [0.717, 1.165) is 27.8 Å². The van der Waals surface area contributed by atoms with E-state index in [1.54, 1.807) is 26.8 Å². The highest BCUT2D eigenvalue weighted by atomic mass is 35.5. The van der Waals surface area contributed by atoms with Crippen LogP contribution in [0.4, 0.5) is 0 Å². The summed E-state index contributed by atoms with van der Waals surface area (Å²) in [5.74, 6) is -1.02. The molecule has 2 aromatic carbocycles. The number of benzene rings is 2. The van der Waals surface area contributed by atoms with Crippen molar-refractivity contribution in [2.75, 3.05) is 6.26 Å². The second kappa shape index (κ2) is 12.6. The first-order valence-electron chi connectivity index (χ1n) is 13.0. The van der Waals surface area contributed by atoms with Crippen molar-refractivity contribution in [2.45, 2.75) is 90.5 Å². The molecule has 0 saturated carbocycles. The van der Waals surface area contributed by atoms with Gasteiger partial charge in [0.05, 0.1) is 27.5 Å². The van der Waals surface area contributed by atoms with Gasteiger partial charge in [0, 0.05) is 16.8 Å². The second-order valence-electron chi connectivity index (χ2n) is 12.9. The number of aromatic nitrogens is 3. The fourth-order valence-corrected chi connectivity index (χ4v) is 5.85. The molecule has 1 saturated heterocycles. The number of hydrogen-bond acceptors (Lipinski definition) is 6. The molecule has 226 valence electrons. The Kier molecular flexibility index (Phi) is 10.7. The molecule has 4 rings (SSSR count). The fraction of sp³-hybridized carbons (Fsp3) is 0.517. The fourth-order valence-electron chi connectivity index (χ4n) is 4.11. The van der Waals surface area contributed by atoms with E-state index < -0.39 is 32.4 Å². The number of amides is 2. The highest BCUT2D eigenvalue weighted by Gasteiger charge is 2.48. The zero-order valence-corrected chi connectivity index (χ0v) is 28.3. The molecule has 2 heterocycles. The topological polar surface area (TPSA) is 102 Å². The van der Waals surface area contributed by atoms with Gasteiger partial charge in [-0.25, -0.2) is 13.1 Å². The zero-order valence-electron chi connectivity index (χ0n) is 25.2. The Morgan fingerprint density at radius 3 is 1.80 bits per heavy atom. The summed E-state index contributed by atoms with van der Waals surface area (Å²) in [5.41, 5.74) is 2.39. The SMILES string of the molecule is CC(C)(C)N1C(=O)CC(S(C)(=O)=O)C1=O.CC(C)(C)c1cc(Cl)c(Cl)cc1Cl.CC(C)(C)n1nnc2ccccc21. The van der Waals surface area contributed by atoms with Gasteiger partial charge >= 0.3 is 0 Å². The minimum atomic E-state index is -3.49. The van der Waals surface area contributed by atoms with E-state index >= 15 is 0 Å². The van der Waals surface area contributed by atoms with Crippen molar-refractivity contribution in [3.63, 3.8) is 0 Å². The van der Waals surface area contributed by atoms with Crippen LogP contribution in [0.15, 0.2) is 36.4 Å². The van der Waals surface area contributed by atoms with Crippen LogP contribution >= 0.6 is 34.8 Å². The number of likely N-dealkylation sites (tertiary alicyclic amines) is 1. The largest absolute Gasteiger partial charge is 0.276 e. The second-order valence-corrected chi connectivity index (χ2v) is 16.4. The molecule has 3 aromatic rings. The molecule has 2 amide bonds. The third-order valence-electron chi connectivity index (χ3n) is 6.10. The highest BCUT2D eigenvalue weighted by molar-refractivity contribution is 7.92. The van der Waals surface area contributed by atoms with Crippen LogP contribution in [-0.4, -0.2) is 57.2 Å². The van der Waals surface area contributed by atoms with Crippen molar-refractivity contribution in [1.29, 1.82) is 0 Å². The Morgan fingerprint density at radius 2 is 1.37 bits per heavy atom. The van der Waals surface area contributed by atoms with Gasteiger partial charge in [-0.2, -0.15) is 0 Å². The van der Waals surface area contributed by atoms with Crippen LogP contribution in [0.1, 0.15) is 74.3 Å². The summed E-state index contributed by atoms with van der Waals surface area (Å²) in [6.45, 7) is 17.7. The molecule has 1 atom stereocenters. The lowest BCUT2D eigenvalue weighted by Crippen LogP contribution is -2.46. The van der Waals surface area contributed by atoms with Crippen LogP contribution in [-0.2, 0) is 30.4 Å². The van der Waals surface area contributed by atoms with Crippen LogP contribution in [0.3, 0.4) is 0 Å². The van der Waals surface area contributed by atoms with Crippen LogP contribution in [0.5, 0.6) is 0 Å². The first-order valence-corrected chi connectivity index (χ1v) is 16.1. The zero-order chi connectivity index (χ0) is 31.7. The number of fused-ring (bicyclic) bond motifs is 1. The summed E-state index contributed by atoms with van der Waals surface area (Å²) < 4.78 is 24.5. The van der Waals surface area contributed by atoms with Gasteiger partial charge in [0.1, 0.15) is 10.8 Å². The van der Waals surface area contributed by atoms with Gasteiger partial charge in [-0.1, -0.05) is 72.9 Å². The van der Waals surface area contributed by atoms with Crippen LogP contribution in [0.2, 0.25) is 15.1 Å². The summed E-state index contributed by atoms with van der Waals surface area (Å²) in [7, 11) is -3.49. The maximum absolute atomic E-state index is 11.7. The molecule has 0 bridgehead atoms. The number of halogens is 3. The van der Waals surface area contributed by atoms with E-state index in [2.05, 4.69) is 51.9 Å². The number of hydrogen-bond donors (Lipinski definition) is 0. The molecular formula is C29H39Cl3N4O4S. The number of carbonyl (C=O) groups excluding carboxylic acids is 2. The van der Waals surface area contributed by atoms with Gasteiger partial charge in [0.2, 0.25) is 11.8 Å². The molecule has 12 heteroatoms. The molecule has 1 aliphatic rings. The minimum absolute atomic E-state index is 0.00387. The summed E-state index contributed by atoms with van der Waals surface area (Å²) in [4.78, 5) is 24.3. The number of sulfone groups is 1. The normalized spacial score (nSPS) is 16.3. The summed E-state index contributed by atoms with van der Waals surface area (Å²) in [6, 6.07) is 11.5. The highest BCUT2D eigenvalue weighted by Crippen LogP contribution is 2.35. The first kappa shape index (κ1) is 35.0. The van der Waals surface area contributed by atoms with Gasteiger partial charge < -0.3 is 0 Å². The summed E-state index contributed by atoms with van der Waals surface area (Å²) in [5, 5.41) is 8.76. The molecule has 0 radical (unpaired) electrons. The smallest absolute Gasteiger partial charge is 0.248 e. The number of para-hydroxylation sites is 1. The van der Waals surface area contributed by atoms with Gasteiger partial charge in [0.15, 0.2) is 9.84 Å². The van der Waals surface area contributed by atoms with Crippen molar-refractivity contribution in [3.8, 4) is 0 Å². The third-order valence-corrected chi connectivity index (χ3v) is 8.53. The van der Waals surface area contributed by atoms with Gasteiger partial charge in [-0.3, -0.25) is 14.5 Å². The van der Waals surface area contributed by atoms with Crippen molar-refractivity contribution < 1.29 is 18.0 Å². The third kappa shape index (κ3) is 8.89. The first-order chi connectivity index (χ1) is 18.5. The van der Waals surface area contributed by atoms with Crippen molar-refractivity contribution in [3.05, 3.63) is 57.0 Å². The molecule has 41 heavy (non-hydrogen) atoms. The molecule has 8 nitrogen and oxygen atoms in total. The maximum atomic E-state index is 11.7. The van der Waals surface area contributed by atoms with Crippen molar-refractivity contribution in [1.82, 2.24) is 19.9 Å². The lowest BCUT2D eigenvalue weighted by atomic mass is 9.87. The van der Waals surface area contributed by atoms with E-state index in [1.807, 2.05) is 35.0 Å². The number of carbonyl (C=O) groups is 2. The molecule has 0 aliphatic carbocycles. The van der Waals surface area contributed by atoms with E-state index in [-0.39, 0.29) is 17.4 Å². The predicted octanol–water partition coefficient (Wildman–Crippen LogP) is 7.09. The average Bonchev–Trinajstić information content (AvgIpc) is 3.36. The van der Waals surface area contributed by atoms with Crippen LogP contribution in [0.25, 0.3) is 11.0 Å². The van der Waals surface area contributed by atoms with E-state index in [0.29, 0.717) is 15.1 Å². The quantitative estimate of drug-likeness (QED) is 0.207. The van der Waals surface area contributed by atoms with Crippen LogP contribution < -0.4 is 0 Å². The molecule has 1 aromatic heterocycles. The van der Waals surface area contributed by atoms with E-state index in [9.17, 15) is 18.0 Å². The number of imide groups is 1. The van der Waals surface area contributed by atoms with Crippen LogP contribution in [0, 0.1) is 0 Å². The molecule has 1 aliphatic heterocycles. The number of nitrogens with zero attached hydrogens (tertiary/aromatic N) is 4. The number of rotatable bonds is 1. The standard InChI is InChI=1S/C10H11Cl3.C10H13N3.C9H15NO4S/c1-10(2,3)6-4-8(12)9(13)5-7(6)11;1-10(2,3)13-9-7-5-4-6-8(9)11-12-13;1-9(2,3)10-7(11)5-6(8(10)12)15(4,13)14/h4-5H,1-3H3;4-7H,1-3H3;6H,5H2,1-4H3. The minimum Gasteiger partial charge on any atom is -0.276 e. The summed E-state index contributed by atoms with van der Waals surface area (Å²) in [6.07, 6.45) is 0.754.